The Morgan fingerprint density at radius 3 is 2.63 bits per heavy atom. The highest BCUT2D eigenvalue weighted by molar-refractivity contribution is 6.31. The Morgan fingerprint density at radius 2 is 1.89 bits per heavy atom. The van der Waals surface area contributed by atoms with Gasteiger partial charge in [-0.05, 0) is 55.2 Å². The van der Waals surface area contributed by atoms with Crippen LogP contribution in [0.3, 0.4) is 0 Å². The van der Waals surface area contributed by atoms with Crippen LogP contribution in [0, 0.1) is 19.7 Å². The molecule has 0 spiro atoms. The first-order chi connectivity index (χ1) is 8.97. The zero-order valence-corrected chi connectivity index (χ0v) is 11.8. The molecule has 1 atom stereocenters. The SMILES string of the molecule is Cc1ccc(C)c(CC(N)c2cc(F)ccc2Cl)c1. The lowest BCUT2D eigenvalue weighted by atomic mass is 9.95. The molecule has 0 aliphatic carbocycles. The Hall–Kier alpha value is -1.38. The lowest BCUT2D eigenvalue weighted by Gasteiger charge is -2.16. The van der Waals surface area contributed by atoms with E-state index in [9.17, 15) is 4.39 Å². The molecule has 3 heteroatoms. The molecule has 0 aromatic heterocycles. The zero-order valence-electron chi connectivity index (χ0n) is 11.1. The van der Waals surface area contributed by atoms with E-state index >= 15 is 0 Å². The van der Waals surface area contributed by atoms with Crippen LogP contribution in [0.15, 0.2) is 36.4 Å². The summed E-state index contributed by atoms with van der Waals surface area (Å²) in [4.78, 5) is 0. The number of aryl methyl sites for hydroxylation is 2. The van der Waals surface area contributed by atoms with Gasteiger partial charge in [0.05, 0.1) is 0 Å². The van der Waals surface area contributed by atoms with Gasteiger partial charge in [0.2, 0.25) is 0 Å². The molecule has 19 heavy (non-hydrogen) atoms. The van der Waals surface area contributed by atoms with E-state index in [1.54, 1.807) is 6.07 Å². The third-order valence-electron chi connectivity index (χ3n) is 3.30. The van der Waals surface area contributed by atoms with Crippen LogP contribution < -0.4 is 5.73 Å². The fourth-order valence-electron chi connectivity index (χ4n) is 2.17. The molecule has 0 fully saturated rings. The molecule has 1 nitrogen and oxygen atoms in total. The maximum Gasteiger partial charge on any atom is 0.123 e. The third kappa shape index (κ3) is 3.34. The first-order valence-corrected chi connectivity index (χ1v) is 6.62. The first kappa shape index (κ1) is 14.0. The van der Waals surface area contributed by atoms with Crippen molar-refractivity contribution in [2.75, 3.05) is 0 Å². The second-order valence-electron chi connectivity index (χ2n) is 4.91. The smallest absolute Gasteiger partial charge is 0.123 e. The molecule has 0 amide bonds. The number of rotatable bonds is 3. The molecule has 2 N–H and O–H groups in total. The molecule has 0 saturated carbocycles. The van der Waals surface area contributed by atoms with Crippen molar-refractivity contribution < 1.29 is 4.39 Å². The quantitative estimate of drug-likeness (QED) is 0.887. The second kappa shape index (κ2) is 5.72. The largest absolute Gasteiger partial charge is 0.324 e. The van der Waals surface area contributed by atoms with Crippen LogP contribution >= 0.6 is 11.6 Å². The van der Waals surface area contributed by atoms with E-state index in [2.05, 4.69) is 25.1 Å². The van der Waals surface area contributed by atoms with Crippen molar-refractivity contribution in [3.05, 3.63) is 69.5 Å². The van der Waals surface area contributed by atoms with E-state index in [-0.39, 0.29) is 11.9 Å². The second-order valence-corrected chi connectivity index (χ2v) is 5.31. The predicted molar refractivity (Wildman–Crippen MR) is 78.0 cm³/mol. The number of halogens is 2. The summed E-state index contributed by atoms with van der Waals surface area (Å²) in [6.07, 6.45) is 0.649. The summed E-state index contributed by atoms with van der Waals surface area (Å²) in [5.41, 5.74) is 10.4. The molecule has 0 saturated heterocycles. The van der Waals surface area contributed by atoms with Gasteiger partial charge in [0.1, 0.15) is 5.82 Å². The van der Waals surface area contributed by atoms with Gasteiger partial charge in [-0.3, -0.25) is 0 Å². The van der Waals surface area contributed by atoms with Crippen LogP contribution in [0.1, 0.15) is 28.3 Å². The minimum atomic E-state index is -0.309. The highest BCUT2D eigenvalue weighted by Crippen LogP contribution is 2.26. The summed E-state index contributed by atoms with van der Waals surface area (Å²) in [6, 6.07) is 10.3. The summed E-state index contributed by atoms with van der Waals surface area (Å²) in [5.74, 6) is -0.309. The molecule has 100 valence electrons. The van der Waals surface area contributed by atoms with Crippen molar-refractivity contribution in [3.63, 3.8) is 0 Å². The van der Waals surface area contributed by atoms with Crippen molar-refractivity contribution in [1.29, 1.82) is 0 Å². The van der Waals surface area contributed by atoms with E-state index in [0.717, 1.165) is 0 Å². The minimum absolute atomic E-state index is 0.302. The van der Waals surface area contributed by atoms with Crippen LogP contribution in [-0.4, -0.2) is 0 Å². The van der Waals surface area contributed by atoms with Crippen LogP contribution in [0.2, 0.25) is 5.02 Å². The van der Waals surface area contributed by atoms with Crippen molar-refractivity contribution in [2.24, 2.45) is 5.73 Å². The average molecular weight is 278 g/mol. The lowest BCUT2D eigenvalue weighted by Crippen LogP contribution is -2.15. The summed E-state index contributed by atoms with van der Waals surface area (Å²) in [5, 5.41) is 0.513. The molecule has 0 heterocycles. The van der Waals surface area contributed by atoms with Crippen molar-refractivity contribution in [3.8, 4) is 0 Å². The van der Waals surface area contributed by atoms with Gasteiger partial charge in [0.15, 0.2) is 0 Å². The van der Waals surface area contributed by atoms with E-state index < -0.39 is 0 Å². The third-order valence-corrected chi connectivity index (χ3v) is 3.65. The molecule has 2 rings (SSSR count). The number of benzene rings is 2. The van der Waals surface area contributed by atoms with Gasteiger partial charge in [-0.25, -0.2) is 4.39 Å². The van der Waals surface area contributed by atoms with E-state index in [1.807, 2.05) is 6.92 Å². The lowest BCUT2D eigenvalue weighted by molar-refractivity contribution is 0.618. The van der Waals surface area contributed by atoms with Crippen molar-refractivity contribution in [1.82, 2.24) is 0 Å². The topological polar surface area (TPSA) is 26.0 Å². The summed E-state index contributed by atoms with van der Waals surface area (Å²) < 4.78 is 13.3. The standard InChI is InChI=1S/C16H17ClFN/c1-10-3-4-11(2)12(7-10)8-16(19)14-9-13(18)5-6-15(14)17/h3-7,9,16H,8,19H2,1-2H3. The van der Waals surface area contributed by atoms with Gasteiger partial charge in [-0.2, -0.15) is 0 Å². The fraction of sp³-hybridized carbons (Fsp3) is 0.250. The molecule has 2 aromatic carbocycles. The maximum atomic E-state index is 13.3. The molecule has 0 radical (unpaired) electrons. The van der Waals surface area contributed by atoms with Gasteiger partial charge in [0.25, 0.3) is 0 Å². The van der Waals surface area contributed by atoms with E-state index in [4.69, 9.17) is 17.3 Å². The molecule has 1 unspecified atom stereocenters. The van der Waals surface area contributed by atoms with E-state index in [1.165, 1.54) is 28.8 Å². The van der Waals surface area contributed by atoms with Crippen molar-refractivity contribution >= 4 is 11.6 Å². The maximum absolute atomic E-state index is 13.3. The average Bonchev–Trinajstić information content (AvgIpc) is 2.36. The Morgan fingerprint density at radius 1 is 1.16 bits per heavy atom. The Balaban J connectivity index is 2.27. The van der Waals surface area contributed by atoms with Crippen LogP contribution in [-0.2, 0) is 6.42 Å². The monoisotopic (exact) mass is 277 g/mol. The van der Waals surface area contributed by atoms with Crippen LogP contribution in [0.25, 0.3) is 0 Å². The number of hydrogen-bond acceptors (Lipinski definition) is 1. The Labute approximate surface area is 118 Å². The van der Waals surface area contributed by atoms with E-state index in [0.29, 0.717) is 17.0 Å². The van der Waals surface area contributed by atoms with Gasteiger partial charge >= 0.3 is 0 Å². The van der Waals surface area contributed by atoms with Gasteiger partial charge in [0, 0.05) is 11.1 Å². The van der Waals surface area contributed by atoms with Gasteiger partial charge in [-0.1, -0.05) is 35.4 Å². The summed E-state index contributed by atoms with van der Waals surface area (Å²) in [6.45, 7) is 4.10. The summed E-state index contributed by atoms with van der Waals surface area (Å²) in [7, 11) is 0. The number of hydrogen-bond donors (Lipinski definition) is 1. The molecule has 0 aliphatic heterocycles. The number of nitrogens with two attached hydrogens (primary N) is 1. The predicted octanol–water partition coefficient (Wildman–Crippen LogP) is 4.34. The highest BCUT2D eigenvalue weighted by Gasteiger charge is 2.13. The minimum Gasteiger partial charge on any atom is -0.324 e. The fourth-order valence-corrected chi connectivity index (χ4v) is 2.42. The molecule has 2 aromatic rings. The Kier molecular flexibility index (Phi) is 4.23. The van der Waals surface area contributed by atoms with Crippen molar-refractivity contribution in [2.45, 2.75) is 26.3 Å². The van der Waals surface area contributed by atoms with Gasteiger partial charge in [-0.15, -0.1) is 0 Å². The molecule has 0 aliphatic rings. The van der Waals surface area contributed by atoms with Crippen LogP contribution in [0.4, 0.5) is 4.39 Å². The molecular formula is C16H17ClFN. The normalized spacial score (nSPS) is 12.5. The van der Waals surface area contributed by atoms with Gasteiger partial charge < -0.3 is 5.73 Å². The summed E-state index contributed by atoms with van der Waals surface area (Å²) >= 11 is 6.08. The Bertz CT molecular complexity index is 595. The molecular weight excluding hydrogens is 261 g/mol. The zero-order chi connectivity index (χ0) is 14.0. The molecule has 0 bridgehead atoms. The first-order valence-electron chi connectivity index (χ1n) is 6.24. The highest BCUT2D eigenvalue weighted by atomic mass is 35.5. The van der Waals surface area contributed by atoms with Crippen LogP contribution in [0.5, 0.6) is 0 Å².